The van der Waals surface area contributed by atoms with Gasteiger partial charge in [0.2, 0.25) is 5.91 Å². The van der Waals surface area contributed by atoms with Crippen LogP contribution in [0.1, 0.15) is 32.1 Å². The quantitative estimate of drug-likeness (QED) is 0.573. The van der Waals surface area contributed by atoms with Crippen LogP contribution in [0.4, 0.5) is 0 Å². The van der Waals surface area contributed by atoms with E-state index in [2.05, 4.69) is 15.6 Å². The molecule has 6 nitrogen and oxygen atoms in total. The third kappa shape index (κ3) is 5.54. The van der Waals surface area contributed by atoms with Crippen LogP contribution in [0.15, 0.2) is 40.2 Å². The summed E-state index contributed by atoms with van der Waals surface area (Å²) in [6.45, 7) is 2.15. The number of nitrogens with zero attached hydrogens (tertiary/aromatic N) is 2. The third-order valence-corrected chi connectivity index (χ3v) is 6.73. The molecule has 1 heterocycles. The molecule has 7 heteroatoms. The number of rotatable bonds is 6. The highest BCUT2D eigenvalue weighted by Crippen LogP contribution is 2.27. The maximum absolute atomic E-state index is 12.5. The number of carbonyl (C=O) groups excluding carboxylic acids is 1. The van der Waals surface area contributed by atoms with Crippen LogP contribution >= 0.6 is 0 Å². The first kappa shape index (κ1) is 19.9. The van der Waals surface area contributed by atoms with E-state index in [1.807, 2.05) is 35.2 Å². The van der Waals surface area contributed by atoms with Gasteiger partial charge in [-0.15, -0.1) is 0 Å². The van der Waals surface area contributed by atoms with Gasteiger partial charge in [-0.2, -0.15) is 0 Å². The van der Waals surface area contributed by atoms with E-state index >= 15 is 0 Å². The maximum atomic E-state index is 12.5. The van der Waals surface area contributed by atoms with Crippen LogP contribution < -0.4 is 10.6 Å². The van der Waals surface area contributed by atoms with Crippen LogP contribution in [-0.2, 0) is 15.6 Å². The Balaban J connectivity index is 1.40. The zero-order valence-corrected chi connectivity index (χ0v) is 16.8. The molecule has 1 saturated carbocycles. The number of amides is 1. The smallest absolute Gasteiger partial charge is 0.225 e. The van der Waals surface area contributed by atoms with Crippen molar-refractivity contribution in [3.05, 3.63) is 30.3 Å². The fraction of sp³-hybridized carbons (Fsp3) is 0.600. The van der Waals surface area contributed by atoms with E-state index in [0.29, 0.717) is 24.2 Å². The SMILES string of the molecule is CN=C(NCCS(=O)c1ccccc1)NC1CCN(C(=O)C2CCCC2)C1. The average Bonchev–Trinajstić information content (AvgIpc) is 3.39. The minimum atomic E-state index is -1.02. The van der Waals surface area contributed by atoms with Gasteiger partial charge in [0.1, 0.15) is 0 Å². The van der Waals surface area contributed by atoms with Crippen LogP contribution in [0.3, 0.4) is 0 Å². The van der Waals surface area contributed by atoms with Gasteiger partial charge in [-0.25, -0.2) is 0 Å². The molecule has 1 aromatic rings. The molecule has 2 unspecified atom stereocenters. The largest absolute Gasteiger partial charge is 0.355 e. The molecule has 1 aliphatic carbocycles. The van der Waals surface area contributed by atoms with Gasteiger partial charge >= 0.3 is 0 Å². The molecule has 0 spiro atoms. The standard InChI is InChI=1S/C20H30N4O2S/c1-21-20(22-12-14-27(26)18-9-3-2-4-10-18)23-17-11-13-24(15-17)19(25)16-7-5-6-8-16/h2-4,9-10,16-17H,5-8,11-15H2,1H3,(H2,21,22,23). The number of nitrogens with one attached hydrogen (secondary N) is 2. The molecular formula is C20H30N4O2S. The number of likely N-dealkylation sites (tertiary alicyclic amines) is 1. The van der Waals surface area contributed by atoms with Crippen molar-refractivity contribution in [3.63, 3.8) is 0 Å². The highest BCUT2D eigenvalue weighted by atomic mass is 32.2. The first-order valence-electron chi connectivity index (χ1n) is 9.87. The Labute approximate surface area is 164 Å². The first-order valence-corrected chi connectivity index (χ1v) is 11.2. The van der Waals surface area contributed by atoms with E-state index in [4.69, 9.17) is 0 Å². The van der Waals surface area contributed by atoms with E-state index in [1.165, 1.54) is 12.8 Å². The van der Waals surface area contributed by atoms with Crippen molar-refractivity contribution >= 4 is 22.7 Å². The van der Waals surface area contributed by atoms with Gasteiger partial charge in [0.15, 0.2) is 5.96 Å². The predicted molar refractivity (Wildman–Crippen MR) is 109 cm³/mol. The molecule has 0 radical (unpaired) electrons. The van der Waals surface area contributed by atoms with Gasteiger partial charge < -0.3 is 15.5 Å². The number of guanidine groups is 1. The van der Waals surface area contributed by atoms with Gasteiger partial charge in [0.05, 0.1) is 10.8 Å². The van der Waals surface area contributed by atoms with Gasteiger partial charge in [-0.3, -0.25) is 14.0 Å². The van der Waals surface area contributed by atoms with Crippen molar-refractivity contribution in [2.45, 2.75) is 43.0 Å². The lowest BCUT2D eigenvalue weighted by Gasteiger charge is -2.21. The van der Waals surface area contributed by atoms with Crippen molar-refractivity contribution in [2.75, 3.05) is 32.4 Å². The molecule has 1 saturated heterocycles. The Morgan fingerprint density at radius 3 is 2.67 bits per heavy atom. The summed E-state index contributed by atoms with van der Waals surface area (Å²) in [5.41, 5.74) is 0. The minimum absolute atomic E-state index is 0.223. The van der Waals surface area contributed by atoms with E-state index in [1.54, 1.807) is 7.05 Å². The van der Waals surface area contributed by atoms with Crippen LogP contribution in [0.2, 0.25) is 0 Å². The van der Waals surface area contributed by atoms with Crippen molar-refractivity contribution < 1.29 is 9.00 Å². The van der Waals surface area contributed by atoms with Crippen molar-refractivity contribution in [2.24, 2.45) is 10.9 Å². The lowest BCUT2D eigenvalue weighted by molar-refractivity contribution is -0.134. The van der Waals surface area contributed by atoms with Gasteiger partial charge in [0.25, 0.3) is 0 Å². The first-order chi connectivity index (χ1) is 13.2. The zero-order chi connectivity index (χ0) is 19.1. The number of hydrogen-bond donors (Lipinski definition) is 2. The summed E-state index contributed by atoms with van der Waals surface area (Å²) in [5.74, 6) is 1.81. The van der Waals surface area contributed by atoms with Crippen LogP contribution in [0, 0.1) is 5.92 Å². The minimum Gasteiger partial charge on any atom is -0.355 e. The van der Waals surface area contributed by atoms with E-state index in [9.17, 15) is 9.00 Å². The third-order valence-electron chi connectivity index (χ3n) is 5.35. The zero-order valence-electron chi connectivity index (χ0n) is 16.0. The Morgan fingerprint density at radius 1 is 1.22 bits per heavy atom. The van der Waals surface area contributed by atoms with Crippen LogP contribution in [0.5, 0.6) is 0 Å². The number of hydrogen-bond acceptors (Lipinski definition) is 3. The van der Waals surface area contributed by atoms with Gasteiger partial charge in [-0.1, -0.05) is 31.0 Å². The second kappa shape index (κ2) is 9.88. The Kier molecular flexibility index (Phi) is 7.26. The molecular weight excluding hydrogens is 360 g/mol. The summed E-state index contributed by atoms with van der Waals surface area (Å²) >= 11 is 0. The van der Waals surface area contributed by atoms with E-state index in [0.717, 1.165) is 37.2 Å². The summed E-state index contributed by atoms with van der Waals surface area (Å²) in [7, 11) is 0.719. The molecule has 2 aliphatic rings. The van der Waals surface area contributed by atoms with Crippen LogP contribution in [-0.4, -0.2) is 59.5 Å². The summed E-state index contributed by atoms with van der Waals surface area (Å²) in [4.78, 5) is 19.7. The fourth-order valence-corrected chi connectivity index (χ4v) is 4.83. The lowest BCUT2D eigenvalue weighted by Crippen LogP contribution is -2.46. The lowest BCUT2D eigenvalue weighted by atomic mass is 10.1. The normalized spacial score (nSPS) is 22.0. The highest BCUT2D eigenvalue weighted by Gasteiger charge is 2.32. The molecule has 148 valence electrons. The van der Waals surface area contributed by atoms with Crippen molar-refractivity contribution in [3.8, 4) is 0 Å². The number of aliphatic imine (C=N–C) groups is 1. The Hall–Kier alpha value is -1.89. The highest BCUT2D eigenvalue weighted by molar-refractivity contribution is 7.85. The molecule has 0 bridgehead atoms. The molecule has 2 atom stereocenters. The topological polar surface area (TPSA) is 73.8 Å². The van der Waals surface area contributed by atoms with Gasteiger partial charge in [-0.05, 0) is 31.4 Å². The fourth-order valence-electron chi connectivity index (χ4n) is 3.85. The Morgan fingerprint density at radius 2 is 1.96 bits per heavy atom. The molecule has 0 aromatic heterocycles. The van der Waals surface area contributed by atoms with Crippen LogP contribution in [0.25, 0.3) is 0 Å². The summed E-state index contributed by atoms with van der Waals surface area (Å²) in [6, 6.07) is 9.73. The van der Waals surface area contributed by atoms with Crippen molar-refractivity contribution in [1.29, 1.82) is 0 Å². The molecule has 2 N–H and O–H groups in total. The molecule has 1 aromatic carbocycles. The van der Waals surface area contributed by atoms with Crippen molar-refractivity contribution in [1.82, 2.24) is 15.5 Å². The molecule has 2 fully saturated rings. The second-order valence-corrected chi connectivity index (χ2v) is 8.83. The molecule has 27 heavy (non-hydrogen) atoms. The maximum Gasteiger partial charge on any atom is 0.225 e. The summed E-state index contributed by atoms with van der Waals surface area (Å²) in [5, 5.41) is 6.64. The average molecular weight is 391 g/mol. The summed E-state index contributed by atoms with van der Waals surface area (Å²) in [6.07, 6.45) is 5.42. The Bertz CT molecular complexity index is 674. The second-order valence-electron chi connectivity index (χ2n) is 7.26. The van der Waals surface area contributed by atoms with Gasteiger partial charge in [0, 0.05) is 49.3 Å². The van der Waals surface area contributed by atoms with E-state index in [-0.39, 0.29) is 12.0 Å². The number of carbonyl (C=O) groups is 1. The monoisotopic (exact) mass is 390 g/mol. The molecule has 1 aliphatic heterocycles. The summed E-state index contributed by atoms with van der Waals surface area (Å²) < 4.78 is 12.3. The molecule has 3 rings (SSSR count). The molecule has 1 amide bonds. The number of benzene rings is 1. The van der Waals surface area contributed by atoms with E-state index < -0.39 is 10.8 Å². The predicted octanol–water partition coefficient (Wildman–Crippen LogP) is 1.75.